The Morgan fingerprint density at radius 1 is 1.00 bits per heavy atom. The first kappa shape index (κ1) is 12.2. The van der Waals surface area contributed by atoms with E-state index in [2.05, 4.69) is 18.2 Å². The molecule has 3 aromatic rings. The second-order valence-corrected chi connectivity index (χ2v) is 4.99. The van der Waals surface area contributed by atoms with Gasteiger partial charge in [0.2, 0.25) is 0 Å². The molecule has 0 aliphatic rings. The fourth-order valence-corrected chi connectivity index (χ4v) is 2.98. The van der Waals surface area contributed by atoms with E-state index in [4.69, 9.17) is 9.15 Å². The van der Waals surface area contributed by atoms with Crippen LogP contribution >= 0.6 is 11.8 Å². The molecule has 0 amide bonds. The molecule has 1 heterocycles. The van der Waals surface area contributed by atoms with Crippen molar-refractivity contribution in [3.05, 3.63) is 48.5 Å². The minimum atomic E-state index is 0.589. The molecule has 0 fully saturated rings. The zero-order valence-electron chi connectivity index (χ0n) is 10.8. The third-order valence-corrected chi connectivity index (χ3v) is 3.89. The van der Waals surface area contributed by atoms with Crippen molar-refractivity contribution in [1.82, 2.24) is 0 Å². The average molecular weight is 270 g/mol. The summed E-state index contributed by atoms with van der Waals surface area (Å²) in [4.78, 5) is 1.05. The minimum Gasteiger partial charge on any atom is -0.468 e. The smallest absolute Gasteiger partial charge is 0.299 e. The monoisotopic (exact) mass is 270 g/mol. The molecule has 96 valence electrons. The number of hydrogen-bond acceptors (Lipinski definition) is 3. The Labute approximate surface area is 116 Å². The first-order valence-electron chi connectivity index (χ1n) is 6.04. The Balaban J connectivity index is 2.34. The quantitative estimate of drug-likeness (QED) is 0.636. The zero-order chi connectivity index (χ0) is 13.2. The predicted octanol–water partition coefficient (Wildman–Crippen LogP) is 4.83. The lowest BCUT2D eigenvalue weighted by Gasteiger charge is -2.04. The Kier molecular flexibility index (Phi) is 3.22. The van der Waals surface area contributed by atoms with Crippen molar-refractivity contribution in [2.45, 2.75) is 4.90 Å². The van der Waals surface area contributed by atoms with Gasteiger partial charge in [-0.25, -0.2) is 0 Å². The molecule has 0 N–H and O–H groups in total. The molecule has 19 heavy (non-hydrogen) atoms. The van der Waals surface area contributed by atoms with Crippen LogP contribution in [0.5, 0.6) is 5.95 Å². The molecule has 0 saturated carbocycles. The Bertz CT molecular complexity index is 701. The molecule has 0 aliphatic heterocycles. The summed E-state index contributed by atoms with van der Waals surface area (Å²) in [6.07, 6.45) is 2.04. The van der Waals surface area contributed by atoms with E-state index in [1.54, 1.807) is 18.9 Å². The van der Waals surface area contributed by atoms with E-state index in [0.29, 0.717) is 5.95 Å². The van der Waals surface area contributed by atoms with Crippen molar-refractivity contribution < 1.29 is 9.15 Å². The highest BCUT2D eigenvalue weighted by Gasteiger charge is 2.17. The molecule has 0 aliphatic carbocycles. The standard InChI is InChI=1S/C16H14O2S/c1-17-16-15(19-2)14-12(9-6-10-13(14)18-16)11-7-4-3-5-8-11/h3-10H,1-2H3. The summed E-state index contributed by atoms with van der Waals surface area (Å²) in [5, 5.41) is 1.12. The molecule has 2 aromatic carbocycles. The molecular formula is C16H14O2S. The first-order valence-corrected chi connectivity index (χ1v) is 7.26. The maximum atomic E-state index is 5.76. The van der Waals surface area contributed by atoms with Gasteiger partial charge in [-0.2, -0.15) is 0 Å². The molecule has 0 saturated heterocycles. The zero-order valence-corrected chi connectivity index (χ0v) is 11.7. The summed E-state index contributed by atoms with van der Waals surface area (Å²) in [5.41, 5.74) is 3.23. The van der Waals surface area contributed by atoms with E-state index < -0.39 is 0 Å². The summed E-state index contributed by atoms with van der Waals surface area (Å²) in [6, 6.07) is 16.4. The molecule has 3 heteroatoms. The number of furan rings is 1. The minimum absolute atomic E-state index is 0.589. The maximum Gasteiger partial charge on any atom is 0.299 e. The van der Waals surface area contributed by atoms with E-state index in [-0.39, 0.29) is 0 Å². The number of methoxy groups -OCH3 is 1. The van der Waals surface area contributed by atoms with E-state index in [1.807, 2.05) is 36.6 Å². The van der Waals surface area contributed by atoms with E-state index in [1.165, 1.54) is 11.1 Å². The van der Waals surface area contributed by atoms with Crippen LogP contribution in [0, 0.1) is 0 Å². The van der Waals surface area contributed by atoms with Gasteiger partial charge in [-0.15, -0.1) is 11.8 Å². The van der Waals surface area contributed by atoms with Gasteiger partial charge in [0.1, 0.15) is 5.58 Å². The lowest BCUT2D eigenvalue weighted by molar-refractivity contribution is 0.306. The first-order chi connectivity index (χ1) is 9.35. The number of ether oxygens (including phenoxy) is 1. The molecule has 0 spiro atoms. The van der Waals surface area contributed by atoms with Crippen molar-refractivity contribution in [2.75, 3.05) is 13.4 Å². The van der Waals surface area contributed by atoms with Crippen LogP contribution in [-0.4, -0.2) is 13.4 Å². The third-order valence-electron chi connectivity index (χ3n) is 3.12. The second kappa shape index (κ2) is 5.02. The molecule has 0 radical (unpaired) electrons. The number of rotatable bonds is 3. The fourth-order valence-electron chi connectivity index (χ4n) is 2.28. The highest BCUT2D eigenvalue weighted by Crippen LogP contribution is 2.42. The number of hydrogen-bond donors (Lipinski definition) is 0. The highest BCUT2D eigenvalue weighted by molar-refractivity contribution is 7.99. The number of thioether (sulfide) groups is 1. The van der Waals surface area contributed by atoms with Crippen molar-refractivity contribution >= 4 is 22.7 Å². The van der Waals surface area contributed by atoms with Crippen LogP contribution < -0.4 is 4.74 Å². The largest absolute Gasteiger partial charge is 0.468 e. The predicted molar refractivity (Wildman–Crippen MR) is 80.0 cm³/mol. The van der Waals surface area contributed by atoms with Gasteiger partial charge in [-0.05, 0) is 23.4 Å². The number of fused-ring (bicyclic) bond motifs is 1. The van der Waals surface area contributed by atoms with Crippen LogP contribution in [0.3, 0.4) is 0 Å². The molecular weight excluding hydrogens is 256 g/mol. The van der Waals surface area contributed by atoms with Crippen LogP contribution in [0.2, 0.25) is 0 Å². The lowest BCUT2D eigenvalue weighted by Crippen LogP contribution is -1.82. The van der Waals surface area contributed by atoms with Crippen molar-refractivity contribution in [2.24, 2.45) is 0 Å². The van der Waals surface area contributed by atoms with Gasteiger partial charge in [0, 0.05) is 5.39 Å². The van der Waals surface area contributed by atoms with Crippen LogP contribution in [0.4, 0.5) is 0 Å². The Morgan fingerprint density at radius 2 is 1.79 bits per heavy atom. The Morgan fingerprint density at radius 3 is 2.47 bits per heavy atom. The summed E-state index contributed by atoms with van der Waals surface area (Å²) < 4.78 is 11.1. The van der Waals surface area contributed by atoms with Crippen LogP contribution in [0.25, 0.3) is 22.1 Å². The third kappa shape index (κ3) is 2.00. The van der Waals surface area contributed by atoms with Gasteiger partial charge in [0.15, 0.2) is 0 Å². The van der Waals surface area contributed by atoms with Gasteiger partial charge < -0.3 is 9.15 Å². The summed E-state index contributed by atoms with van der Waals surface area (Å²) in [7, 11) is 1.64. The Hall–Kier alpha value is -1.87. The molecule has 0 atom stereocenters. The van der Waals surface area contributed by atoms with E-state index >= 15 is 0 Å². The number of benzene rings is 2. The van der Waals surface area contributed by atoms with Crippen molar-refractivity contribution in [3.8, 4) is 17.1 Å². The highest BCUT2D eigenvalue weighted by atomic mass is 32.2. The van der Waals surface area contributed by atoms with E-state index in [9.17, 15) is 0 Å². The van der Waals surface area contributed by atoms with Gasteiger partial charge >= 0.3 is 0 Å². The molecule has 2 nitrogen and oxygen atoms in total. The average Bonchev–Trinajstić information content (AvgIpc) is 2.85. The summed E-state index contributed by atoms with van der Waals surface area (Å²) in [6.45, 7) is 0. The van der Waals surface area contributed by atoms with Crippen LogP contribution in [-0.2, 0) is 0 Å². The molecule has 1 aromatic heterocycles. The molecule has 0 bridgehead atoms. The van der Waals surface area contributed by atoms with Crippen molar-refractivity contribution in [3.63, 3.8) is 0 Å². The lowest BCUT2D eigenvalue weighted by atomic mass is 10.0. The van der Waals surface area contributed by atoms with Gasteiger partial charge in [-0.1, -0.05) is 42.5 Å². The normalized spacial score (nSPS) is 10.8. The van der Waals surface area contributed by atoms with Gasteiger partial charge in [0.05, 0.1) is 12.0 Å². The summed E-state index contributed by atoms with van der Waals surface area (Å²) in [5.74, 6) is 0.589. The topological polar surface area (TPSA) is 22.4 Å². The maximum absolute atomic E-state index is 5.76. The second-order valence-electron chi connectivity index (χ2n) is 4.17. The fraction of sp³-hybridized carbons (Fsp3) is 0.125. The SMILES string of the molecule is COc1oc2cccc(-c3ccccc3)c2c1SC. The van der Waals surface area contributed by atoms with E-state index in [0.717, 1.165) is 15.9 Å². The summed E-state index contributed by atoms with van der Waals surface area (Å²) >= 11 is 1.65. The molecule has 0 unspecified atom stereocenters. The van der Waals surface area contributed by atoms with Gasteiger partial charge in [0.25, 0.3) is 5.95 Å². The van der Waals surface area contributed by atoms with Gasteiger partial charge in [-0.3, -0.25) is 0 Å². The van der Waals surface area contributed by atoms with Crippen molar-refractivity contribution in [1.29, 1.82) is 0 Å². The van der Waals surface area contributed by atoms with Crippen LogP contribution in [0.15, 0.2) is 57.8 Å². The van der Waals surface area contributed by atoms with Crippen LogP contribution in [0.1, 0.15) is 0 Å². The molecule has 3 rings (SSSR count).